The van der Waals surface area contributed by atoms with Crippen LogP contribution in [0.15, 0.2) is 16.9 Å². The molecule has 2 aromatic heterocycles. The first-order chi connectivity index (χ1) is 9.29. The summed E-state index contributed by atoms with van der Waals surface area (Å²) in [6, 6.07) is 0.444. The maximum atomic E-state index is 4.68. The molecule has 2 fully saturated rings. The summed E-state index contributed by atoms with van der Waals surface area (Å²) in [5.41, 5.74) is 0. The molecule has 0 N–H and O–H groups in total. The molecule has 1 aliphatic heterocycles. The van der Waals surface area contributed by atoms with Crippen LogP contribution in [0, 0.1) is 0 Å². The number of hydrogen-bond donors (Lipinski definition) is 0. The number of hydrogen-bond acceptors (Lipinski definition) is 5. The van der Waals surface area contributed by atoms with E-state index in [1.165, 1.54) is 12.8 Å². The Morgan fingerprint density at radius 1 is 1.32 bits per heavy atom. The van der Waals surface area contributed by atoms with Crippen molar-refractivity contribution in [2.75, 3.05) is 18.0 Å². The van der Waals surface area contributed by atoms with Crippen molar-refractivity contribution in [3.05, 3.63) is 22.7 Å². The quantitative estimate of drug-likeness (QED) is 0.862. The van der Waals surface area contributed by atoms with E-state index in [0.29, 0.717) is 12.0 Å². The van der Waals surface area contributed by atoms with Crippen LogP contribution >= 0.6 is 27.5 Å². The van der Waals surface area contributed by atoms with Gasteiger partial charge in [0.05, 0.1) is 16.7 Å². The molecule has 2 aliphatic rings. The van der Waals surface area contributed by atoms with E-state index >= 15 is 0 Å². The lowest BCUT2D eigenvalue weighted by molar-refractivity contribution is 0.494. The van der Waals surface area contributed by atoms with Crippen LogP contribution in [0.1, 0.15) is 37.0 Å². The number of anilines is 1. The minimum Gasteiger partial charge on any atom is -0.345 e. The van der Waals surface area contributed by atoms with Crippen molar-refractivity contribution in [2.45, 2.75) is 31.2 Å². The summed E-state index contributed by atoms with van der Waals surface area (Å²) in [5.74, 6) is 1.70. The largest absolute Gasteiger partial charge is 0.345 e. The predicted molar refractivity (Wildman–Crippen MR) is 77.7 cm³/mol. The van der Waals surface area contributed by atoms with Gasteiger partial charge in [0.2, 0.25) is 5.13 Å². The van der Waals surface area contributed by atoms with Gasteiger partial charge in [-0.15, -0.1) is 0 Å². The fraction of sp³-hybridized carbons (Fsp3) is 0.583. The Balaban J connectivity index is 1.48. The van der Waals surface area contributed by atoms with Crippen LogP contribution in [-0.2, 0) is 0 Å². The maximum absolute atomic E-state index is 4.68. The third-order valence-electron chi connectivity index (χ3n) is 3.75. The van der Waals surface area contributed by atoms with Gasteiger partial charge >= 0.3 is 0 Å². The molecular formula is C12H14BrN5S. The van der Waals surface area contributed by atoms with Gasteiger partial charge in [-0.1, -0.05) is 0 Å². The van der Waals surface area contributed by atoms with Gasteiger partial charge in [-0.05, 0) is 35.2 Å². The summed E-state index contributed by atoms with van der Waals surface area (Å²) in [5, 5.41) is 5.46. The van der Waals surface area contributed by atoms with Crippen LogP contribution < -0.4 is 4.90 Å². The topological polar surface area (TPSA) is 46.8 Å². The molecule has 3 heterocycles. The van der Waals surface area contributed by atoms with E-state index in [4.69, 9.17) is 0 Å². The molecule has 1 atom stereocenters. The molecule has 0 spiro atoms. The Hall–Kier alpha value is -0.950. The van der Waals surface area contributed by atoms with Crippen molar-refractivity contribution in [1.29, 1.82) is 0 Å². The van der Waals surface area contributed by atoms with Gasteiger partial charge < -0.3 is 4.90 Å². The summed E-state index contributed by atoms with van der Waals surface area (Å²) in [4.78, 5) is 7.02. The molecule has 0 radical (unpaired) electrons. The van der Waals surface area contributed by atoms with E-state index in [2.05, 4.69) is 35.3 Å². The molecule has 2 aromatic rings. The standard InChI is InChI=1S/C12H14BrN5S/c13-9-5-14-18(6-9)10-3-4-17(7-10)12-15-11(16-19-12)8-1-2-8/h5-6,8,10H,1-4,7H2. The summed E-state index contributed by atoms with van der Waals surface area (Å²) < 4.78 is 7.57. The van der Waals surface area contributed by atoms with Crippen LogP contribution in [0.5, 0.6) is 0 Å². The molecule has 5 nitrogen and oxygen atoms in total. The molecule has 1 saturated carbocycles. The van der Waals surface area contributed by atoms with E-state index in [1.54, 1.807) is 11.5 Å². The molecule has 1 unspecified atom stereocenters. The third kappa shape index (κ3) is 2.29. The monoisotopic (exact) mass is 339 g/mol. The van der Waals surface area contributed by atoms with E-state index in [9.17, 15) is 0 Å². The molecule has 7 heteroatoms. The highest BCUT2D eigenvalue weighted by atomic mass is 79.9. The normalized spacial score (nSPS) is 23.2. The Labute approximate surface area is 123 Å². The Bertz CT molecular complexity index is 590. The zero-order valence-electron chi connectivity index (χ0n) is 10.4. The van der Waals surface area contributed by atoms with Gasteiger partial charge in [0, 0.05) is 36.7 Å². The molecule has 19 heavy (non-hydrogen) atoms. The molecule has 0 amide bonds. The van der Waals surface area contributed by atoms with Crippen LogP contribution in [0.25, 0.3) is 0 Å². The smallest absolute Gasteiger partial charge is 0.205 e. The third-order valence-corrected chi connectivity index (χ3v) is 4.95. The average molecular weight is 340 g/mol. The van der Waals surface area contributed by atoms with E-state index in [-0.39, 0.29) is 0 Å². The van der Waals surface area contributed by atoms with Crippen molar-refractivity contribution in [1.82, 2.24) is 19.1 Å². The van der Waals surface area contributed by atoms with Crippen molar-refractivity contribution < 1.29 is 0 Å². The van der Waals surface area contributed by atoms with E-state index in [0.717, 1.165) is 34.9 Å². The van der Waals surface area contributed by atoms with Gasteiger partial charge in [-0.2, -0.15) is 9.47 Å². The molecule has 0 bridgehead atoms. The first kappa shape index (κ1) is 11.8. The Morgan fingerprint density at radius 3 is 2.95 bits per heavy atom. The fourth-order valence-electron chi connectivity index (χ4n) is 2.51. The van der Waals surface area contributed by atoms with E-state index in [1.807, 2.05) is 17.1 Å². The summed E-state index contributed by atoms with van der Waals surface area (Å²) >= 11 is 4.99. The number of halogens is 1. The highest BCUT2D eigenvalue weighted by Crippen LogP contribution is 2.40. The second-order valence-corrected chi connectivity index (χ2v) is 6.88. The highest BCUT2D eigenvalue weighted by Gasteiger charge is 2.31. The van der Waals surface area contributed by atoms with Gasteiger partial charge in [0.1, 0.15) is 5.82 Å². The molecule has 1 aliphatic carbocycles. The zero-order valence-corrected chi connectivity index (χ0v) is 12.8. The number of nitrogens with zero attached hydrogens (tertiary/aromatic N) is 5. The minimum absolute atomic E-state index is 0.444. The van der Waals surface area contributed by atoms with Crippen molar-refractivity contribution in [3.8, 4) is 0 Å². The first-order valence-electron chi connectivity index (χ1n) is 6.58. The molecular weight excluding hydrogens is 326 g/mol. The van der Waals surface area contributed by atoms with Crippen LogP contribution in [0.2, 0.25) is 0 Å². The molecule has 100 valence electrons. The van der Waals surface area contributed by atoms with Crippen LogP contribution in [0.3, 0.4) is 0 Å². The van der Waals surface area contributed by atoms with Crippen molar-refractivity contribution in [3.63, 3.8) is 0 Å². The number of rotatable bonds is 3. The lowest BCUT2D eigenvalue weighted by atomic mass is 10.3. The maximum Gasteiger partial charge on any atom is 0.205 e. The van der Waals surface area contributed by atoms with Crippen molar-refractivity contribution >= 4 is 32.6 Å². The summed E-state index contributed by atoms with van der Waals surface area (Å²) in [6.45, 7) is 2.02. The highest BCUT2D eigenvalue weighted by molar-refractivity contribution is 9.10. The van der Waals surface area contributed by atoms with Gasteiger partial charge in [-0.3, -0.25) is 4.68 Å². The lowest BCUT2D eigenvalue weighted by Gasteiger charge is -2.14. The van der Waals surface area contributed by atoms with Crippen LogP contribution in [0.4, 0.5) is 5.13 Å². The summed E-state index contributed by atoms with van der Waals surface area (Å²) in [7, 11) is 0. The molecule has 0 aromatic carbocycles. The average Bonchev–Trinajstić information content (AvgIpc) is 2.86. The SMILES string of the molecule is Brc1cnn(C2CCN(c3nc(C4CC4)ns3)C2)c1. The molecule has 1 saturated heterocycles. The van der Waals surface area contributed by atoms with Gasteiger partial charge in [0.25, 0.3) is 0 Å². The predicted octanol–water partition coefficient (Wildman–Crippen LogP) is 2.83. The Kier molecular flexibility index (Phi) is 2.84. The second-order valence-electron chi connectivity index (χ2n) is 5.24. The lowest BCUT2D eigenvalue weighted by Crippen LogP contribution is -2.20. The fourth-order valence-corrected chi connectivity index (χ4v) is 3.59. The zero-order chi connectivity index (χ0) is 12.8. The van der Waals surface area contributed by atoms with Gasteiger partial charge in [0.15, 0.2) is 0 Å². The second kappa shape index (κ2) is 4.56. The molecule has 4 rings (SSSR count). The van der Waals surface area contributed by atoms with Crippen molar-refractivity contribution in [2.24, 2.45) is 0 Å². The summed E-state index contributed by atoms with van der Waals surface area (Å²) in [6.07, 6.45) is 7.54. The minimum atomic E-state index is 0.444. The van der Waals surface area contributed by atoms with Gasteiger partial charge in [-0.25, -0.2) is 4.98 Å². The Morgan fingerprint density at radius 2 is 2.21 bits per heavy atom. The van der Waals surface area contributed by atoms with Crippen LogP contribution in [-0.4, -0.2) is 32.2 Å². The van der Waals surface area contributed by atoms with E-state index < -0.39 is 0 Å². The number of aromatic nitrogens is 4. The first-order valence-corrected chi connectivity index (χ1v) is 8.14.